The summed E-state index contributed by atoms with van der Waals surface area (Å²) in [7, 11) is 0. The van der Waals surface area contributed by atoms with Crippen LogP contribution in [0, 0.1) is 0 Å². The molecule has 0 unspecified atom stereocenters. The Morgan fingerprint density at radius 3 is 1.57 bits per heavy atom. The monoisotopic (exact) mass is 622 g/mol. The highest BCUT2D eigenvalue weighted by atomic mass is 14.4. The number of hydrogen-bond acceptors (Lipinski definition) is 0. The highest BCUT2D eigenvalue weighted by molar-refractivity contribution is 6.27. The maximum Gasteiger partial charge on any atom is 0.0158 e. The van der Waals surface area contributed by atoms with Gasteiger partial charge >= 0.3 is 0 Å². The Kier molecular flexibility index (Phi) is 6.02. The molecule has 230 valence electrons. The summed E-state index contributed by atoms with van der Waals surface area (Å²) in [6.45, 7) is 4.72. The first-order valence-electron chi connectivity index (χ1n) is 17.3. The van der Waals surface area contributed by atoms with Gasteiger partial charge in [0.2, 0.25) is 0 Å². The van der Waals surface area contributed by atoms with Crippen molar-refractivity contribution in [2.24, 2.45) is 0 Å². The van der Waals surface area contributed by atoms with Crippen molar-refractivity contribution in [3.63, 3.8) is 0 Å². The Morgan fingerprint density at radius 2 is 0.837 bits per heavy atom. The molecule has 0 heterocycles. The highest BCUT2D eigenvalue weighted by Crippen LogP contribution is 2.52. The van der Waals surface area contributed by atoms with Crippen LogP contribution in [-0.4, -0.2) is 0 Å². The van der Waals surface area contributed by atoms with Crippen LogP contribution in [0.25, 0.3) is 87.6 Å². The minimum absolute atomic E-state index is 0.0334. The van der Waals surface area contributed by atoms with Gasteiger partial charge in [-0.2, -0.15) is 0 Å². The Balaban J connectivity index is 1.37. The Hall–Kier alpha value is -5.98. The molecule has 0 bridgehead atoms. The topological polar surface area (TPSA) is 0 Å². The van der Waals surface area contributed by atoms with Gasteiger partial charge in [-0.3, -0.25) is 0 Å². The summed E-state index contributed by atoms with van der Waals surface area (Å²) in [4.78, 5) is 0. The average Bonchev–Trinajstić information content (AvgIpc) is 3.38. The lowest BCUT2D eigenvalue weighted by molar-refractivity contribution is 0.660. The quantitative estimate of drug-likeness (QED) is 0.172. The molecule has 0 saturated heterocycles. The lowest BCUT2D eigenvalue weighted by Crippen LogP contribution is -2.14. The van der Waals surface area contributed by atoms with E-state index in [1.165, 1.54) is 98.7 Å². The summed E-state index contributed by atoms with van der Waals surface area (Å²) < 4.78 is 0. The summed E-state index contributed by atoms with van der Waals surface area (Å²) in [5, 5.41) is 10.2. The minimum Gasteiger partial charge on any atom is -0.0622 e. The lowest BCUT2D eigenvalue weighted by Gasteiger charge is -2.23. The molecule has 0 saturated carbocycles. The summed E-state index contributed by atoms with van der Waals surface area (Å²) in [5.74, 6) is 0. The van der Waals surface area contributed by atoms with Gasteiger partial charge in [0.05, 0.1) is 0 Å². The Labute approximate surface area is 286 Å². The van der Waals surface area contributed by atoms with Crippen LogP contribution in [0.15, 0.2) is 170 Å². The van der Waals surface area contributed by atoms with E-state index in [4.69, 9.17) is 0 Å². The van der Waals surface area contributed by atoms with Crippen LogP contribution < -0.4 is 0 Å². The molecule has 9 aromatic carbocycles. The molecule has 1 aliphatic carbocycles. The third kappa shape index (κ3) is 4.11. The molecule has 0 radical (unpaired) electrons. The number of fused-ring (bicyclic) bond motifs is 7. The third-order valence-electron chi connectivity index (χ3n) is 11.0. The van der Waals surface area contributed by atoms with Crippen LogP contribution in [0.2, 0.25) is 0 Å². The zero-order valence-electron chi connectivity index (χ0n) is 27.7. The van der Waals surface area contributed by atoms with E-state index in [1.807, 2.05) is 0 Å². The molecule has 0 aromatic heterocycles. The van der Waals surface area contributed by atoms with Gasteiger partial charge in [-0.05, 0) is 117 Å². The maximum absolute atomic E-state index is 2.46. The van der Waals surface area contributed by atoms with Gasteiger partial charge in [-0.25, -0.2) is 0 Å². The molecular weight excluding hydrogens is 589 g/mol. The summed E-state index contributed by atoms with van der Waals surface area (Å²) >= 11 is 0. The van der Waals surface area contributed by atoms with E-state index in [0.717, 1.165) is 0 Å². The molecule has 9 aromatic rings. The van der Waals surface area contributed by atoms with Crippen molar-refractivity contribution >= 4 is 43.1 Å². The van der Waals surface area contributed by atoms with Crippen molar-refractivity contribution in [1.29, 1.82) is 0 Å². The lowest BCUT2D eigenvalue weighted by atomic mass is 9.80. The van der Waals surface area contributed by atoms with E-state index in [9.17, 15) is 0 Å². The fraction of sp³-hybridized carbons (Fsp3) is 0.0612. The Bertz CT molecular complexity index is 2730. The predicted octanol–water partition coefficient (Wildman–Crippen LogP) is 13.6. The van der Waals surface area contributed by atoms with E-state index < -0.39 is 0 Å². The number of benzene rings is 9. The van der Waals surface area contributed by atoms with Gasteiger partial charge in [0.25, 0.3) is 0 Å². The first-order chi connectivity index (χ1) is 24.1. The minimum atomic E-state index is -0.0334. The van der Waals surface area contributed by atoms with Crippen molar-refractivity contribution in [2.45, 2.75) is 19.3 Å². The zero-order valence-corrected chi connectivity index (χ0v) is 27.7. The van der Waals surface area contributed by atoms with Crippen LogP contribution >= 0.6 is 0 Å². The van der Waals surface area contributed by atoms with Crippen molar-refractivity contribution in [1.82, 2.24) is 0 Å². The van der Waals surface area contributed by atoms with Crippen molar-refractivity contribution in [2.75, 3.05) is 0 Å². The van der Waals surface area contributed by atoms with Crippen LogP contribution in [0.4, 0.5) is 0 Å². The second-order valence-corrected chi connectivity index (χ2v) is 14.0. The second-order valence-electron chi connectivity index (χ2n) is 14.0. The van der Waals surface area contributed by atoms with Crippen molar-refractivity contribution < 1.29 is 0 Å². The van der Waals surface area contributed by atoms with Crippen molar-refractivity contribution in [3.05, 3.63) is 181 Å². The molecule has 0 aliphatic heterocycles. The molecule has 10 rings (SSSR count). The zero-order chi connectivity index (χ0) is 32.7. The van der Waals surface area contributed by atoms with E-state index in [2.05, 4.69) is 184 Å². The van der Waals surface area contributed by atoms with Crippen molar-refractivity contribution in [3.8, 4) is 44.5 Å². The smallest absolute Gasteiger partial charge is 0.0158 e. The molecule has 0 nitrogen and oxygen atoms in total. The second kappa shape index (κ2) is 10.5. The molecule has 0 atom stereocenters. The molecule has 0 amide bonds. The van der Waals surface area contributed by atoms with Crippen LogP contribution in [0.3, 0.4) is 0 Å². The van der Waals surface area contributed by atoms with Gasteiger partial charge in [0, 0.05) is 5.41 Å². The summed E-state index contributed by atoms with van der Waals surface area (Å²) in [6, 6.07) is 63.3. The number of hydrogen-bond donors (Lipinski definition) is 0. The van der Waals surface area contributed by atoms with Gasteiger partial charge in [-0.1, -0.05) is 166 Å². The van der Waals surface area contributed by atoms with E-state index in [-0.39, 0.29) is 5.41 Å². The molecule has 0 N–H and O–H groups in total. The first-order valence-corrected chi connectivity index (χ1v) is 17.3. The average molecular weight is 623 g/mol. The van der Waals surface area contributed by atoms with Gasteiger partial charge in [-0.15, -0.1) is 0 Å². The summed E-state index contributed by atoms with van der Waals surface area (Å²) in [5.41, 5.74) is 13.1. The Morgan fingerprint density at radius 1 is 0.306 bits per heavy atom. The van der Waals surface area contributed by atoms with Crippen LogP contribution in [-0.2, 0) is 5.41 Å². The molecule has 0 heteroatoms. The molecule has 0 fully saturated rings. The fourth-order valence-electron chi connectivity index (χ4n) is 8.73. The van der Waals surface area contributed by atoms with Gasteiger partial charge in [0.1, 0.15) is 0 Å². The molecule has 1 aliphatic rings. The fourth-order valence-corrected chi connectivity index (χ4v) is 8.73. The maximum atomic E-state index is 2.46. The van der Waals surface area contributed by atoms with Gasteiger partial charge in [0.15, 0.2) is 0 Å². The van der Waals surface area contributed by atoms with Crippen LogP contribution in [0.1, 0.15) is 25.0 Å². The normalized spacial score (nSPS) is 13.3. The molecular formula is C49H34. The standard InChI is InChI=1S/C49H34/c1-49(2)44-23-13-12-20-38(44)42-30-35(25-27-45(42)49)46-39-21-10-11-22-40(39)48(41-26-24-32(29-43(41)46)31-14-4-3-5-15-31)47-36-18-8-6-16-33(36)28-34-17-7-9-19-37(34)47/h3-30H,1-2H3. The molecule has 49 heavy (non-hydrogen) atoms. The van der Waals surface area contributed by atoms with E-state index >= 15 is 0 Å². The highest BCUT2D eigenvalue weighted by Gasteiger charge is 2.35. The van der Waals surface area contributed by atoms with E-state index in [1.54, 1.807) is 0 Å². The first kappa shape index (κ1) is 28.1. The van der Waals surface area contributed by atoms with E-state index in [0.29, 0.717) is 0 Å². The van der Waals surface area contributed by atoms with Crippen LogP contribution in [0.5, 0.6) is 0 Å². The SMILES string of the molecule is CC1(C)c2ccccc2-c2cc(-c3c4ccccc4c(-c4c5ccccc5cc5ccccc45)c4ccc(-c5ccccc5)cc34)ccc21. The van der Waals surface area contributed by atoms with Gasteiger partial charge < -0.3 is 0 Å². The number of rotatable bonds is 3. The third-order valence-corrected chi connectivity index (χ3v) is 11.0. The summed E-state index contributed by atoms with van der Waals surface area (Å²) in [6.07, 6.45) is 0. The molecule has 0 spiro atoms. The predicted molar refractivity (Wildman–Crippen MR) is 210 cm³/mol. The largest absolute Gasteiger partial charge is 0.0622 e.